The third-order valence-corrected chi connectivity index (χ3v) is 2.13. The number of aliphatic hydroxyl groups excluding tert-OH is 2. The van der Waals surface area contributed by atoms with Crippen molar-refractivity contribution in [1.29, 1.82) is 0 Å². The average Bonchev–Trinajstić information content (AvgIpc) is 2.65. The first-order valence-corrected chi connectivity index (χ1v) is 3.49. The first kappa shape index (κ1) is 7.45. The zero-order chi connectivity index (χ0) is 8.06. The van der Waals surface area contributed by atoms with Crippen LogP contribution in [0, 0.1) is 0 Å². The molecule has 0 aromatic heterocycles. The third-order valence-electron chi connectivity index (χ3n) is 2.13. The van der Waals surface area contributed by atoms with E-state index in [0.29, 0.717) is 0 Å². The summed E-state index contributed by atoms with van der Waals surface area (Å²) in [6.07, 6.45) is -2.05. The van der Waals surface area contributed by atoms with Crippen molar-refractivity contribution >= 4 is 0 Å². The lowest BCUT2D eigenvalue weighted by Gasteiger charge is -2.24. The van der Waals surface area contributed by atoms with Gasteiger partial charge in [-0.15, -0.1) is 0 Å². The van der Waals surface area contributed by atoms with Crippen LogP contribution in [0.25, 0.3) is 0 Å². The Morgan fingerprint density at radius 3 is 2.91 bits per heavy atom. The molecule has 0 spiro atoms. The van der Waals surface area contributed by atoms with Crippen molar-refractivity contribution in [1.82, 2.24) is 0 Å². The molecule has 5 nitrogen and oxygen atoms in total. The topological polar surface area (TPSA) is 82.5 Å². The zero-order valence-corrected chi connectivity index (χ0v) is 5.80. The molecular weight excluding hydrogens is 152 g/mol. The molecule has 0 aromatic rings. The van der Waals surface area contributed by atoms with Gasteiger partial charge in [0, 0.05) is 0 Å². The van der Waals surface area contributed by atoms with Crippen molar-refractivity contribution < 1.29 is 24.8 Å². The van der Waals surface area contributed by atoms with Gasteiger partial charge in [0.25, 0.3) is 0 Å². The highest BCUT2D eigenvalue weighted by Gasteiger charge is 2.67. The summed E-state index contributed by atoms with van der Waals surface area (Å²) in [6.45, 7) is -0.183. The summed E-state index contributed by atoms with van der Waals surface area (Å²) in [5, 5.41) is 27.2. The van der Waals surface area contributed by atoms with Crippen LogP contribution in [-0.4, -0.2) is 52.6 Å². The number of hydrogen-bond acceptors (Lipinski definition) is 5. The Labute approximate surface area is 63.2 Å². The Morgan fingerprint density at radius 2 is 2.27 bits per heavy atom. The molecule has 2 saturated heterocycles. The van der Waals surface area contributed by atoms with E-state index in [1.54, 1.807) is 0 Å². The highest BCUT2D eigenvalue weighted by molar-refractivity contribution is 5.05. The number of epoxide rings is 1. The highest BCUT2D eigenvalue weighted by atomic mass is 16.8. The summed E-state index contributed by atoms with van der Waals surface area (Å²) in [4.78, 5) is 0. The van der Waals surface area contributed by atoms with Gasteiger partial charge in [-0.2, -0.15) is 0 Å². The number of rotatable bonds is 1. The van der Waals surface area contributed by atoms with E-state index in [2.05, 4.69) is 0 Å². The van der Waals surface area contributed by atoms with E-state index < -0.39 is 24.1 Å². The molecule has 5 heteroatoms. The van der Waals surface area contributed by atoms with Crippen LogP contribution < -0.4 is 0 Å². The van der Waals surface area contributed by atoms with Gasteiger partial charge in [-0.3, -0.25) is 0 Å². The van der Waals surface area contributed by atoms with Crippen LogP contribution in [0.15, 0.2) is 0 Å². The van der Waals surface area contributed by atoms with Gasteiger partial charge in [0.15, 0.2) is 0 Å². The molecule has 0 bridgehead atoms. The molecule has 0 aromatic carbocycles. The number of hydrogen-bond donors (Lipinski definition) is 3. The molecule has 2 fully saturated rings. The number of aliphatic hydroxyl groups is 3. The lowest BCUT2D eigenvalue weighted by Crippen LogP contribution is -2.46. The van der Waals surface area contributed by atoms with E-state index in [9.17, 15) is 5.11 Å². The van der Waals surface area contributed by atoms with E-state index in [1.807, 2.05) is 0 Å². The second kappa shape index (κ2) is 2.15. The van der Waals surface area contributed by atoms with Crippen LogP contribution in [-0.2, 0) is 9.47 Å². The zero-order valence-electron chi connectivity index (χ0n) is 5.80. The quantitative estimate of drug-likeness (QED) is 0.382. The molecule has 0 amide bonds. The van der Waals surface area contributed by atoms with Crippen molar-refractivity contribution in [2.45, 2.75) is 24.1 Å². The molecule has 2 rings (SSSR count). The van der Waals surface area contributed by atoms with Crippen LogP contribution in [0.4, 0.5) is 0 Å². The van der Waals surface area contributed by atoms with Crippen molar-refractivity contribution in [2.24, 2.45) is 0 Å². The summed E-state index contributed by atoms with van der Waals surface area (Å²) < 4.78 is 9.78. The van der Waals surface area contributed by atoms with Crippen LogP contribution in [0.2, 0.25) is 0 Å². The molecule has 4 atom stereocenters. The summed E-state index contributed by atoms with van der Waals surface area (Å²) in [5.74, 6) is -1.45. The Bertz CT molecular complexity index is 172. The molecule has 3 N–H and O–H groups in total. The van der Waals surface area contributed by atoms with Crippen LogP contribution in [0.1, 0.15) is 0 Å². The standard InChI is InChI=1S/C6H10O5/c7-1-3-5-6(9,11-5)4(8)2-10-3/h3-5,7-9H,1-2H2. The maximum Gasteiger partial charge on any atom is 0.224 e. The van der Waals surface area contributed by atoms with Crippen molar-refractivity contribution in [3.05, 3.63) is 0 Å². The highest BCUT2D eigenvalue weighted by Crippen LogP contribution is 2.43. The van der Waals surface area contributed by atoms with E-state index in [0.717, 1.165) is 0 Å². The molecule has 4 unspecified atom stereocenters. The van der Waals surface area contributed by atoms with E-state index >= 15 is 0 Å². The molecule has 64 valence electrons. The normalized spacial score (nSPS) is 55.4. The third kappa shape index (κ3) is 0.896. The lowest BCUT2D eigenvalue weighted by atomic mass is 10.0. The Morgan fingerprint density at radius 1 is 1.55 bits per heavy atom. The number of fused-ring (bicyclic) bond motifs is 1. The van der Waals surface area contributed by atoms with Crippen molar-refractivity contribution in [3.63, 3.8) is 0 Å². The summed E-state index contributed by atoms with van der Waals surface area (Å²) in [6, 6.07) is 0. The van der Waals surface area contributed by atoms with Gasteiger partial charge in [-0.05, 0) is 0 Å². The second-order valence-electron chi connectivity index (χ2n) is 2.86. The van der Waals surface area contributed by atoms with Crippen molar-refractivity contribution in [2.75, 3.05) is 13.2 Å². The molecule has 2 heterocycles. The monoisotopic (exact) mass is 162 g/mol. The SMILES string of the molecule is OCC1OCC(O)C2(O)OC12. The van der Waals surface area contributed by atoms with Crippen molar-refractivity contribution in [3.8, 4) is 0 Å². The molecule has 2 aliphatic heterocycles. The maximum absolute atomic E-state index is 9.36. The van der Waals surface area contributed by atoms with E-state index in [1.165, 1.54) is 0 Å². The fraction of sp³-hybridized carbons (Fsp3) is 1.00. The Kier molecular flexibility index (Phi) is 1.45. The lowest BCUT2D eigenvalue weighted by molar-refractivity contribution is -0.136. The van der Waals surface area contributed by atoms with Gasteiger partial charge in [-0.25, -0.2) is 0 Å². The van der Waals surface area contributed by atoms with Gasteiger partial charge >= 0.3 is 0 Å². The summed E-state index contributed by atoms with van der Waals surface area (Å²) in [5.41, 5.74) is 0. The van der Waals surface area contributed by atoms with Crippen LogP contribution >= 0.6 is 0 Å². The van der Waals surface area contributed by atoms with Gasteiger partial charge in [0.05, 0.1) is 13.2 Å². The van der Waals surface area contributed by atoms with Gasteiger partial charge in [0.1, 0.15) is 18.3 Å². The predicted molar refractivity (Wildman–Crippen MR) is 32.7 cm³/mol. The minimum atomic E-state index is -1.45. The smallest absolute Gasteiger partial charge is 0.224 e. The van der Waals surface area contributed by atoms with Gasteiger partial charge in [0.2, 0.25) is 5.79 Å². The predicted octanol–water partition coefficient (Wildman–Crippen LogP) is -2.17. The molecular formula is C6H10O5. The van der Waals surface area contributed by atoms with Gasteiger partial charge in [-0.1, -0.05) is 0 Å². The van der Waals surface area contributed by atoms with E-state index in [-0.39, 0.29) is 13.2 Å². The van der Waals surface area contributed by atoms with Crippen LogP contribution in [0.5, 0.6) is 0 Å². The van der Waals surface area contributed by atoms with E-state index in [4.69, 9.17) is 19.7 Å². The Hall–Kier alpha value is -0.200. The second-order valence-corrected chi connectivity index (χ2v) is 2.86. The molecule has 0 saturated carbocycles. The fourth-order valence-electron chi connectivity index (χ4n) is 1.35. The fourth-order valence-corrected chi connectivity index (χ4v) is 1.35. The van der Waals surface area contributed by atoms with Gasteiger partial charge < -0.3 is 24.8 Å². The Balaban J connectivity index is 2.06. The number of ether oxygens (including phenoxy) is 2. The summed E-state index contributed by atoms with van der Waals surface area (Å²) in [7, 11) is 0. The minimum Gasteiger partial charge on any atom is -0.394 e. The molecule has 0 radical (unpaired) electrons. The largest absolute Gasteiger partial charge is 0.394 e. The first-order valence-electron chi connectivity index (χ1n) is 3.49. The maximum atomic E-state index is 9.36. The summed E-state index contributed by atoms with van der Waals surface area (Å²) >= 11 is 0. The average molecular weight is 162 g/mol. The molecule has 0 aliphatic carbocycles. The molecule has 11 heavy (non-hydrogen) atoms. The van der Waals surface area contributed by atoms with Crippen LogP contribution in [0.3, 0.4) is 0 Å². The minimum absolute atomic E-state index is 0.0121. The first-order chi connectivity index (χ1) is 5.18. The molecule has 2 aliphatic rings.